The highest BCUT2D eigenvalue weighted by molar-refractivity contribution is 5.87. The highest BCUT2D eigenvalue weighted by Gasteiger charge is 2.26. The van der Waals surface area contributed by atoms with Crippen LogP contribution in [0.25, 0.3) is 0 Å². The molecule has 1 aliphatic carbocycles. The van der Waals surface area contributed by atoms with E-state index in [0.717, 1.165) is 18.8 Å². The average Bonchev–Trinajstić information content (AvgIpc) is 2.97. The zero-order chi connectivity index (χ0) is 16.2. The summed E-state index contributed by atoms with van der Waals surface area (Å²) in [5.74, 6) is -0.376. The second-order valence-corrected chi connectivity index (χ2v) is 6.60. The van der Waals surface area contributed by atoms with Crippen LogP contribution >= 0.6 is 0 Å². The van der Waals surface area contributed by atoms with Crippen LogP contribution in [0, 0.1) is 5.92 Å². The van der Waals surface area contributed by atoms with Crippen molar-refractivity contribution in [3.8, 4) is 0 Å². The number of carbonyl (C=O) groups excluding carboxylic acids is 1. The fourth-order valence-corrected chi connectivity index (χ4v) is 3.57. The molecule has 126 valence electrons. The van der Waals surface area contributed by atoms with Crippen LogP contribution in [-0.2, 0) is 17.8 Å². The fraction of sp³-hybridized carbons (Fsp3) is 0.688. The molecule has 0 aromatic carbocycles. The van der Waals surface area contributed by atoms with E-state index in [1.54, 1.807) is 0 Å². The molecule has 1 fully saturated rings. The molecule has 1 aliphatic heterocycles. The fourth-order valence-electron chi connectivity index (χ4n) is 3.57. The number of fused-ring (bicyclic) bond motifs is 1. The van der Waals surface area contributed by atoms with Gasteiger partial charge < -0.3 is 10.4 Å². The maximum Gasteiger partial charge on any atom is 0.356 e. The second kappa shape index (κ2) is 7.12. The maximum absolute atomic E-state index is 12.1. The SMILES string of the molecule is O=C(CN1CCc2[nH]nc(C(=O)O)c2C1)NCC1CCCCC1. The number of aromatic nitrogens is 2. The van der Waals surface area contributed by atoms with Gasteiger partial charge in [-0.25, -0.2) is 4.79 Å². The van der Waals surface area contributed by atoms with E-state index in [2.05, 4.69) is 15.5 Å². The molecule has 7 heteroatoms. The molecule has 2 aliphatic rings. The van der Waals surface area contributed by atoms with Gasteiger partial charge in [-0.15, -0.1) is 0 Å². The lowest BCUT2D eigenvalue weighted by Crippen LogP contribution is -2.41. The minimum absolute atomic E-state index is 0.0272. The number of nitrogens with zero attached hydrogens (tertiary/aromatic N) is 2. The van der Waals surface area contributed by atoms with Crippen molar-refractivity contribution in [3.63, 3.8) is 0 Å². The van der Waals surface area contributed by atoms with Gasteiger partial charge in [0, 0.05) is 37.3 Å². The number of amides is 1. The molecule has 1 amide bonds. The Labute approximate surface area is 135 Å². The molecule has 0 saturated heterocycles. The van der Waals surface area contributed by atoms with Crippen LogP contribution in [0.4, 0.5) is 0 Å². The van der Waals surface area contributed by atoms with Gasteiger partial charge in [0.15, 0.2) is 5.69 Å². The van der Waals surface area contributed by atoms with Crippen LogP contribution in [0.2, 0.25) is 0 Å². The highest BCUT2D eigenvalue weighted by Crippen LogP contribution is 2.23. The van der Waals surface area contributed by atoms with Gasteiger partial charge >= 0.3 is 5.97 Å². The Morgan fingerprint density at radius 3 is 2.83 bits per heavy atom. The highest BCUT2D eigenvalue weighted by atomic mass is 16.4. The number of hydrogen-bond donors (Lipinski definition) is 3. The topological polar surface area (TPSA) is 98.3 Å². The lowest BCUT2D eigenvalue weighted by atomic mass is 9.89. The number of carboxylic acids is 1. The Bertz CT molecular complexity index is 578. The lowest BCUT2D eigenvalue weighted by Gasteiger charge is -2.27. The van der Waals surface area contributed by atoms with Crippen molar-refractivity contribution in [2.45, 2.75) is 45.1 Å². The normalized spacial score (nSPS) is 19.3. The van der Waals surface area contributed by atoms with Gasteiger partial charge in [0.1, 0.15) is 0 Å². The summed E-state index contributed by atoms with van der Waals surface area (Å²) in [5, 5.41) is 18.8. The Morgan fingerprint density at radius 1 is 1.30 bits per heavy atom. The van der Waals surface area contributed by atoms with Gasteiger partial charge in [-0.3, -0.25) is 14.8 Å². The zero-order valence-corrected chi connectivity index (χ0v) is 13.3. The molecule has 0 atom stereocenters. The molecular weight excluding hydrogens is 296 g/mol. The van der Waals surface area contributed by atoms with E-state index in [4.69, 9.17) is 5.11 Å². The van der Waals surface area contributed by atoms with Crippen molar-refractivity contribution in [1.82, 2.24) is 20.4 Å². The molecule has 1 aromatic heterocycles. The third-order valence-corrected chi connectivity index (χ3v) is 4.89. The van der Waals surface area contributed by atoms with Crippen molar-refractivity contribution in [3.05, 3.63) is 17.0 Å². The van der Waals surface area contributed by atoms with E-state index < -0.39 is 5.97 Å². The summed E-state index contributed by atoms with van der Waals surface area (Å²) in [5.41, 5.74) is 1.66. The molecule has 0 unspecified atom stereocenters. The summed E-state index contributed by atoms with van der Waals surface area (Å²) in [6, 6.07) is 0. The van der Waals surface area contributed by atoms with Crippen molar-refractivity contribution in [2.24, 2.45) is 5.92 Å². The molecule has 2 heterocycles. The quantitative estimate of drug-likeness (QED) is 0.756. The minimum Gasteiger partial charge on any atom is -0.476 e. The van der Waals surface area contributed by atoms with Gasteiger partial charge in [0.05, 0.1) is 6.54 Å². The van der Waals surface area contributed by atoms with Crippen LogP contribution in [0.3, 0.4) is 0 Å². The van der Waals surface area contributed by atoms with E-state index in [1.165, 1.54) is 32.1 Å². The molecule has 1 saturated carbocycles. The summed E-state index contributed by atoms with van der Waals surface area (Å²) in [6.45, 7) is 2.29. The molecule has 0 spiro atoms. The Balaban J connectivity index is 1.49. The van der Waals surface area contributed by atoms with E-state index in [0.29, 0.717) is 31.0 Å². The first-order chi connectivity index (χ1) is 11.1. The number of nitrogens with one attached hydrogen (secondary N) is 2. The number of carbonyl (C=O) groups is 2. The van der Waals surface area contributed by atoms with E-state index in [9.17, 15) is 9.59 Å². The third kappa shape index (κ3) is 3.90. The second-order valence-electron chi connectivity index (χ2n) is 6.60. The summed E-state index contributed by atoms with van der Waals surface area (Å²) in [7, 11) is 0. The van der Waals surface area contributed by atoms with Crippen LogP contribution in [0.15, 0.2) is 0 Å². The van der Waals surface area contributed by atoms with Crippen LogP contribution in [-0.4, -0.2) is 51.7 Å². The summed E-state index contributed by atoms with van der Waals surface area (Å²) < 4.78 is 0. The van der Waals surface area contributed by atoms with Crippen molar-refractivity contribution >= 4 is 11.9 Å². The molecule has 0 radical (unpaired) electrons. The third-order valence-electron chi connectivity index (χ3n) is 4.89. The standard InChI is InChI=1S/C16H24N4O3/c21-14(17-8-11-4-2-1-3-5-11)10-20-7-6-13-12(9-20)15(16(22)23)19-18-13/h11H,1-10H2,(H,17,21)(H,18,19)(H,22,23). The minimum atomic E-state index is -1.02. The molecular formula is C16H24N4O3. The average molecular weight is 320 g/mol. The lowest BCUT2D eigenvalue weighted by molar-refractivity contribution is -0.122. The molecule has 3 rings (SSSR count). The first-order valence-electron chi connectivity index (χ1n) is 8.42. The first-order valence-corrected chi connectivity index (χ1v) is 8.42. The summed E-state index contributed by atoms with van der Waals surface area (Å²) >= 11 is 0. The monoisotopic (exact) mass is 320 g/mol. The number of hydrogen-bond acceptors (Lipinski definition) is 4. The Morgan fingerprint density at radius 2 is 2.09 bits per heavy atom. The van der Waals surface area contributed by atoms with Gasteiger partial charge in [-0.05, 0) is 18.8 Å². The van der Waals surface area contributed by atoms with Gasteiger partial charge in [0.2, 0.25) is 5.91 Å². The molecule has 3 N–H and O–H groups in total. The molecule has 7 nitrogen and oxygen atoms in total. The maximum atomic E-state index is 12.1. The van der Waals surface area contributed by atoms with Crippen LogP contribution < -0.4 is 5.32 Å². The first kappa shape index (κ1) is 16.0. The number of aromatic carboxylic acids is 1. The zero-order valence-electron chi connectivity index (χ0n) is 13.3. The van der Waals surface area contributed by atoms with E-state index in [-0.39, 0.29) is 11.6 Å². The van der Waals surface area contributed by atoms with Gasteiger partial charge in [-0.2, -0.15) is 5.10 Å². The van der Waals surface area contributed by atoms with Crippen molar-refractivity contribution < 1.29 is 14.7 Å². The summed E-state index contributed by atoms with van der Waals surface area (Å²) in [4.78, 5) is 25.3. The van der Waals surface area contributed by atoms with Crippen LogP contribution in [0.5, 0.6) is 0 Å². The predicted octanol–water partition coefficient (Wildman–Crippen LogP) is 1.16. The van der Waals surface area contributed by atoms with Crippen LogP contribution in [0.1, 0.15) is 53.8 Å². The number of H-pyrrole nitrogens is 1. The smallest absolute Gasteiger partial charge is 0.356 e. The summed E-state index contributed by atoms with van der Waals surface area (Å²) in [6.07, 6.45) is 6.99. The molecule has 1 aromatic rings. The Kier molecular flexibility index (Phi) is 4.95. The Hall–Kier alpha value is -1.89. The number of aromatic amines is 1. The van der Waals surface area contributed by atoms with Gasteiger partial charge in [0.25, 0.3) is 0 Å². The number of carboxylic acid groups (broad SMARTS) is 1. The predicted molar refractivity (Wildman–Crippen MR) is 84.1 cm³/mol. The van der Waals surface area contributed by atoms with Gasteiger partial charge in [-0.1, -0.05) is 19.3 Å². The van der Waals surface area contributed by atoms with Crippen molar-refractivity contribution in [1.29, 1.82) is 0 Å². The van der Waals surface area contributed by atoms with E-state index in [1.807, 2.05) is 4.90 Å². The largest absolute Gasteiger partial charge is 0.476 e. The number of rotatable bonds is 5. The molecule has 23 heavy (non-hydrogen) atoms. The molecule has 0 bridgehead atoms. The van der Waals surface area contributed by atoms with Crippen molar-refractivity contribution in [2.75, 3.05) is 19.6 Å². The van der Waals surface area contributed by atoms with E-state index >= 15 is 0 Å².